The minimum atomic E-state index is 0.200. The summed E-state index contributed by atoms with van der Waals surface area (Å²) >= 11 is 17.8. The van der Waals surface area contributed by atoms with Crippen molar-refractivity contribution in [3.63, 3.8) is 0 Å². The maximum Gasteiger partial charge on any atom is 0.223 e. The Bertz CT molecular complexity index is 520. The fourth-order valence-electron chi connectivity index (χ4n) is 1.37. The number of rotatable bonds is 1. The van der Waals surface area contributed by atoms with E-state index < -0.39 is 0 Å². The lowest BCUT2D eigenvalue weighted by Gasteiger charge is -2.06. The number of hydrogen-bond acceptors (Lipinski definition) is 2. The molecule has 1 aromatic heterocycles. The van der Waals surface area contributed by atoms with Crippen molar-refractivity contribution in [1.29, 1.82) is 0 Å². The summed E-state index contributed by atoms with van der Waals surface area (Å²) in [4.78, 5) is 8.11. The first-order valence-electron chi connectivity index (χ1n) is 4.53. The van der Waals surface area contributed by atoms with Crippen molar-refractivity contribution in [1.82, 2.24) is 9.97 Å². The largest absolute Gasteiger partial charge is 0.223 e. The Labute approximate surface area is 108 Å². The van der Waals surface area contributed by atoms with Crippen molar-refractivity contribution in [2.75, 3.05) is 0 Å². The van der Waals surface area contributed by atoms with Crippen molar-refractivity contribution in [2.24, 2.45) is 0 Å². The van der Waals surface area contributed by atoms with Crippen LogP contribution in [0.25, 0.3) is 11.3 Å². The van der Waals surface area contributed by atoms with Crippen molar-refractivity contribution < 1.29 is 0 Å². The Morgan fingerprint density at radius 1 is 1.06 bits per heavy atom. The Morgan fingerprint density at radius 3 is 2.50 bits per heavy atom. The van der Waals surface area contributed by atoms with E-state index in [1.807, 2.05) is 25.1 Å². The molecule has 0 saturated carbocycles. The lowest BCUT2D eigenvalue weighted by molar-refractivity contribution is 1.11. The topological polar surface area (TPSA) is 25.8 Å². The quantitative estimate of drug-likeness (QED) is 0.719. The molecule has 16 heavy (non-hydrogen) atoms. The summed E-state index contributed by atoms with van der Waals surface area (Å²) in [7, 11) is 0. The first kappa shape index (κ1) is 11.6. The number of halogens is 3. The summed E-state index contributed by atoms with van der Waals surface area (Å²) in [6.07, 6.45) is 0. The third-order valence-corrected chi connectivity index (χ3v) is 3.04. The summed E-state index contributed by atoms with van der Waals surface area (Å²) in [5.41, 5.74) is 2.21. The van der Waals surface area contributed by atoms with Gasteiger partial charge in [0.1, 0.15) is 0 Å². The Hall–Kier alpha value is -0.830. The lowest BCUT2D eigenvalue weighted by Crippen LogP contribution is -1.91. The molecule has 0 unspecified atom stereocenters. The number of benzene rings is 1. The molecule has 0 spiro atoms. The second-order valence-corrected chi connectivity index (χ2v) is 4.39. The molecule has 0 aliphatic rings. The van der Waals surface area contributed by atoms with E-state index in [4.69, 9.17) is 34.8 Å². The van der Waals surface area contributed by atoms with E-state index in [1.165, 1.54) is 0 Å². The van der Waals surface area contributed by atoms with Gasteiger partial charge in [-0.05, 0) is 30.7 Å². The summed E-state index contributed by atoms with van der Waals surface area (Å²) < 4.78 is 0. The molecule has 2 rings (SSSR count). The molecule has 0 N–H and O–H groups in total. The van der Waals surface area contributed by atoms with Crippen LogP contribution in [0.3, 0.4) is 0 Å². The number of hydrogen-bond donors (Lipinski definition) is 0. The molecule has 2 aromatic rings. The fourth-order valence-corrected chi connectivity index (χ4v) is 1.99. The molecule has 0 saturated heterocycles. The average Bonchev–Trinajstić information content (AvgIpc) is 2.20. The Morgan fingerprint density at radius 2 is 1.81 bits per heavy atom. The van der Waals surface area contributed by atoms with Crippen LogP contribution in [0.4, 0.5) is 0 Å². The Balaban J connectivity index is 2.63. The zero-order chi connectivity index (χ0) is 11.7. The molecule has 0 bridgehead atoms. The van der Waals surface area contributed by atoms with Gasteiger partial charge in [0.05, 0.1) is 15.7 Å². The van der Waals surface area contributed by atoms with Gasteiger partial charge in [0.2, 0.25) is 5.28 Å². The minimum absolute atomic E-state index is 0.200. The molecular formula is C11H7Cl3N2. The van der Waals surface area contributed by atoms with Crippen LogP contribution in [-0.4, -0.2) is 9.97 Å². The van der Waals surface area contributed by atoms with Crippen LogP contribution in [-0.2, 0) is 0 Å². The van der Waals surface area contributed by atoms with Gasteiger partial charge >= 0.3 is 0 Å². The first-order chi connectivity index (χ1) is 7.58. The van der Waals surface area contributed by atoms with E-state index in [9.17, 15) is 0 Å². The van der Waals surface area contributed by atoms with E-state index in [-0.39, 0.29) is 5.28 Å². The van der Waals surface area contributed by atoms with Crippen molar-refractivity contribution in [2.45, 2.75) is 6.92 Å². The van der Waals surface area contributed by atoms with Gasteiger partial charge in [-0.15, -0.1) is 0 Å². The van der Waals surface area contributed by atoms with Crippen LogP contribution >= 0.6 is 34.8 Å². The first-order valence-corrected chi connectivity index (χ1v) is 5.67. The minimum Gasteiger partial charge on any atom is -0.223 e. The van der Waals surface area contributed by atoms with E-state index in [1.54, 1.807) is 6.07 Å². The highest BCUT2D eigenvalue weighted by molar-refractivity contribution is 6.43. The normalized spacial score (nSPS) is 10.5. The molecule has 5 heteroatoms. The van der Waals surface area contributed by atoms with Gasteiger partial charge in [-0.2, -0.15) is 0 Å². The van der Waals surface area contributed by atoms with E-state index >= 15 is 0 Å². The summed E-state index contributed by atoms with van der Waals surface area (Å²) in [5, 5.41) is 1.16. The number of aryl methyl sites for hydroxylation is 1. The van der Waals surface area contributed by atoms with E-state index in [2.05, 4.69) is 9.97 Å². The molecule has 0 fully saturated rings. The monoisotopic (exact) mass is 272 g/mol. The third-order valence-electron chi connectivity index (χ3n) is 2.05. The smallest absolute Gasteiger partial charge is 0.223 e. The summed E-state index contributed by atoms with van der Waals surface area (Å²) in [6.45, 7) is 1.84. The third kappa shape index (κ3) is 2.29. The molecule has 0 amide bonds. The fraction of sp³-hybridized carbons (Fsp3) is 0.0909. The molecular weight excluding hydrogens is 266 g/mol. The SMILES string of the molecule is Cc1cc(-c2cccc(Cl)c2Cl)nc(Cl)n1. The van der Waals surface area contributed by atoms with Crippen LogP contribution in [0.15, 0.2) is 24.3 Å². The summed E-state index contributed by atoms with van der Waals surface area (Å²) in [6, 6.07) is 7.19. The maximum atomic E-state index is 6.10. The molecule has 0 aliphatic carbocycles. The highest BCUT2D eigenvalue weighted by atomic mass is 35.5. The predicted octanol–water partition coefficient (Wildman–Crippen LogP) is 4.41. The predicted molar refractivity (Wildman–Crippen MR) is 67.2 cm³/mol. The van der Waals surface area contributed by atoms with Gasteiger partial charge in [0, 0.05) is 11.3 Å². The van der Waals surface area contributed by atoms with Crippen LogP contribution in [0, 0.1) is 6.92 Å². The van der Waals surface area contributed by atoms with Gasteiger partial charge in [-0.25, -0.2) is 9.97 Å². The van der Waals surface area contributed by atoms with Crippen LogP contribution < -0.4 is 0 Å². The van der Waals surface area contributed by atoms with Gasteiger partial charge in [-0.1, -0.05) is 35.3 Å². The number of nitrogens with zero attached hydrogens (tertiary/aromatic N) is 2. The van der Waals surface area contributed by atoms with Gasteiger partial charge in [-0.3, -0.25) is 0 Å². The molecule has 0 radical (unpaired) electrons. The van der Waals surface area contributed by atoms with Crippen molar-refractivity contribution >= 4 is 34.8 Å². The highest BCUT2D eigenvalue weighted by Crippen LogP contribution is 2.32. The van der Waals surface area contributed by atoms with E-state index in [0.29, 0.717) is 15.7 Å². The molecule has 2 nitrogen and oxygen atoms in total. The Kier molecular flexibility index (Phi) is 3.33. The average molecular weight is 274 g/mol. The zero-order valence-corrected chi connectivity index (χ0v) is 10.6. The zero-order valence-electron chi connectivity index (χ0n) is 8.34. The number of aromatic nitrogens is 2. The second-order valence-electron chi connectivity index (χ2n) is 3.26. The molecule has 82 valence electrons. The second kappa shape index (κ2) is 4.58. The van der Waals surface area contributed by atoms with Crippen molar-refractivity contribution in [3.05, 3.63) is 45.3 Å². The van der Waals surface area contributed by atoms with Crippen LogP contribution in [0.5, 0.6) is 0 Å². The van der Waals surface area contributed by atoms with Gasteiger partial charge in [0.15, 0.2) is 0 Å². The van der Waals surface area contributed by atoms with Crippen molar-refractivity contribution in [3.8, 4) is 11.3 Å². The molecule has 1 heterocycles. The molecule has 1 aromatic carbocycles. The highest BCUT2D eigenvalue weighted by Gasteiger charge is 2.09. The standard InChI is InChI=1S/C11H7Cl3N2/c1-6-5-9(16-11(14)15-6)7-3-2-4-8(12)10(7)13/h2-5H,1H3. The molecule has 0 atom stereocenters. The van der Waals surface area contributed by atoms with Crippen LogP contribution in [0.2, 0.25) is 15.3 Å². The molecule has 0 aliphatic heterocycles. The lowest BCUT2D eigenvalue weighted by atomic mass is 10.1. The summed E-state index contributed by atoms with van der Waals surface area (Å²) in [5.74, 6) is 0. The van der Waals surface area contributed by atoms with Crippen LogP contribution in [0.1, 0.15) is 5.69 Å². The van der Waals surface area contributed by atoms with Gasteiger partial charge < -0.3 is 0 Å². The van der Waals surface area contributed by atoms with E-state index in [0.717, 1.165) is 11.3 Å². The van der Waals surface area contributed by atoms with Gasteiger partial charge in [0.25, 0.3) is 0 Å². The maximum absolute atomic E-state index is 6.10.